The molecule has 2 aromatic carbocycles. The van der Waals surface area contributed by atoms with Gasteiger partial charge in [-0.3, -0.25) is 9.78 Å². The summed E-state index contributed by atoms with van der Waals surface area (Å²) in [6.45, 7) is 2.43. The molecule has 0 saturated heterocycles. The summed E-state index contributed by atoms with van der Waals surface area (Å²) >= 11 is 0. The Balaban J connectivity index is 1.40. The maximum Gasteiger partial charge on any atom is 0.255 e. The van der Waals surface area contributed by atoms with Crippen molar-refractivity contribution in [3.63, 3.8) is 0 Å². The summed E-state index contributed by atoms with van der Waals surface area (Å²) in [7, 11) is 3.10. The third-order valence-electron chi connectivity index (χ3n) is 5.15. The average molecular weight is 404 g/mol. The first-order valence-electron chi connectivity index (χ1n) is 9.80. The standard InChI is InChI=1S/C24H24N2O4/c1-15-4-8-21(25-13-15)16-5-9-22-17(10-16)11-19(30-22)14-26-24(27)20-7-6-18(28-2)12-23(20)29-3/h4-10,12-13,19H,11,14H2,1-3H3,(H,26,27). The SMILES string of the molecule is COc1ccc(C(=O)NCC2Cc3cc(-c4ccc(C)cn4)ccc3O2)c(OC)c1. The molecular formula is C24H24N2O4. The highest BCUT2D eigenvalue weighted by molar-refractivity contribution is 5.97. The minimum atomic E-state index is -0.210. The zero-order valence-corrected chi connectivity index (χ0v) is 17.3. The van der Waals surface area contributed by atoms with Gasteiger partial charge >= 0.3 is 0 Å². The molecule has 6 nitrogen and oxygen atoms in total. The summed E-state index contributed by atoms with van der Waals surface area (Å²) in [4.78, 5) is 17.1. The highest BCUT2D eigenvalue weighted by Crippen LogP contribution is 2.32. The Morgan fingerprint density at radius 1 is 1.13 bits per heavy atom. The van der Waals surface area contributed by atoms with E-state index in [0.717, 1.165) is 34.6 Å². The highest BCUT2D eigenvalue weighted by Gasteiger charge is 2.24. The van der Waals surface area contributed by atoms with Gasteiger partial charge in [-0.15, -0.1) is 0 Å². The van der Waals surface area contributed by atoms with Crippen LogP contribution in [0.3, 0.4) is 0 Å². The molecule has 0 bridgehead atoms. The number of benzene rings is 2. The quantitative estimate of drug-likeness (QED) is 0.677. The Kier molecular flexibility index (Phi) is 5.57. The van der Waals surface area contributed by atoms with Gasteiger partial charge in [0.1, 0.15) is 23.4 Å². The molecule has 0 aliphatic carbocycles. The first-order valence-corrected chi connectivity index (χ1v) is 9.80. The molecule has 0 radical (unpaired) electrons. The molecule has 30 heavy (non-hydrogen) atoms. The number of aromatic nitrogens is 1. The van der Waals surface area contributed by atoms with Crippen molar-refractivity contribution in [2.24, 2.45) is 0 Å². The van der Waals surface area contributed by atoms with Gasteiger partial charge in [0.25, 0.3) is 5.91 Å². The van der Waals surface area contributed by atoms with Crippen LogP contribution in [0.15, 0.2) is 54.7 Å². The Bertz CT molecular complexity index is 1060. The van der Waals surface area contributed by atoms with Crippen LogP contribution in [0.1, 0.15) is 21.5 Å². The van der Waals surface area contributed by atoms with Crippen LogP contribution in [0.4, 0.5) is 0 Å². The molecule has 1 aromatic heterocycles. The summed E-state index contributed by atoms with van der Waals surface area (Å²) < 4.78 is 16.5. The highest BCUT2D eigenvalue weighted by atomic mass is 16.5. The number of methoxy groups -OCH3 is 2. The summed E-state index contributed by atoms with van der Waals surface area (Å²) in [6, 6.07) is 15.3. The molecule has 0 spiro atoms. The van der Waals surface area contributed by atoms with E-state index >= 15 is 0 Å². The van der Waals surface area contributed by atoms with Crippen molar-refractivity contribution in [2.45, 2.75) is 19.4 Å². The van der Waals surface area contributed by atoms with Crippen LogP contribution >= 0.6 is 0 Å². The molecule has 4 rings (SSSR count). The molecule has 2 heterocycles. The van der Waals surface area contributed by atoms with E-state index in [-0.39, 0.29) is 12.0 Å². The van der Waals surface area contributed by atoms with Crippen molar-refractivity contribution >= 4 is 5.91 Å². The van der Waals surface area contributed by atoms with Gasteiger partial charge in [0.15, 0.2) is 0 Å². The Morgan fingerprint density at radius 2 is 2.00 bits per heavy atom. The van der Waals surface area contributed by atoms with Gasteiger partial charge in [0, 0.05) is 24.2 Å². The second kappa shape index (κ2) is 8.45. The molecule has 1 aliphatic heterocycles. The van der Waals surface area contributed by atoms with Crippen LogP contribution in [0.5, 0.6) is 17.2 Å². The van der Waals surface area contributed by atoms with Crippen LogP contribution in [-0.2, 0) is 6.42 Å². The molecule has 154 valence electrons. The summed E-state index contributed by atoms with van der Waals surface area (Å²) in [5.41, 5.74) is 4.71. The molecule has 1 amide bonds. The van der Waals surface area contributed by atoms with Crippen molar-refractivity contribution in [1.29, 1.82) is 0 Å². The van der Waals surface area contributed by atoms with E-state index in [4.69, 9.17) is 14.2 Å². The van der Waals surface area contributed by atoms with Gasteiger partial charge in [0.05, 0.1) is 32.0 Å². The average Bonchev–Trinajstić information content (AvgIpc) is 3.19. The first kappa shape index (κ1) is 19.8. The van der Waals surface area contributed by atoms with Crippen molar-refractivity contribution < 1.29 is 19.0 Å². The Labute approximate surface area is 175 Å². The van der Waals surface area contributed by atoms with E-state index in [2.05, 4.69) is 22.4 Å². The number of hydrogen-bond donors (Lipinski definition) is 1. The second-order valence-electron chi connectivity index (χ2n) is 7.26. The smallest absolute Gasteiger partial charge is 0.255 e. The largest absolute Gasteiger partial charge is 0.497 e. The number of amides is 1. The normalized spacial score (nSPS) is 14.6. The minimum absolute atomic E-state index is 0.116. The lowest BCUT2D eigenvalue weighted by Gasteiger charge is -2.14. The van der Waals surface area contributed by atoms with Gasteiger partial charge in [-0.05, 0) is 54.4 Å². The number of pyridine rings is 1. The van der Waals surface area contributed by atoms with Gasteiger partial charge in [-0.25, -0.2) is 0 Å². The summed E-state index contributed by atoms with van der Waals surface area (Å²) in [6.07, 6.45) is 2.48. The number of nitrogens with one attached hydrogen (secondary N) is 1. The molecule has 0 fully saturated rings. The number of carbonyl (C=O) groups excluding carboxylic acids is 1. The van der Waals surface area contributed by atoms with E-state index in [1.54, 1.807) is 25.3 Å². The zero-order valence-electron chi connectivity index (χ0n) is 17.3. The van der Waals surface area contributed by atoms with Crippen LogP contribution in [-0.4, -0.2) is 37.8 Å². The number of carbonyl (C=O) groups is 1. The predicted octanol–water partition coefficient (Wildman–Crippen LogP) is 3.81. The second-order valence-corrected chi connectivity index (χ2v) is 7.26. The number of rotatable bonds is 6. The monoisotopic (exact) mass is 404 g/mol. The molecule has 0 saturated carbocycles. The molecule has 1 unspecified atom stereocenters. The number of hydrogen-bond acceptors (Lipinski definition) is 5. The van der Waals surface area contributed by atoms with E-state index in [0.29, 0.717) is 23.6 Å². The third-order valence-corrected chi connectivity index (χ3v) is 5.15. The fourth-order valence-corrected chi connectivity index (χ4v) is 3.52. The lowest BCUT2D eigenvalue weighted by atomic mass is 10.0. The maximum absolute atomic E-state index is 12.6. The van der Waals surface area contributed by atoms with Crippen LogP contribution in [0.25, 0.3) is 11.3 Å². The minimum Gasteiger partial charge on any atom is -0.497 e. The van der Waals surface area contributed by atoms with Crippen molar-refractivity contribution in [2.75, 3.05) is 20.8 Å². The van der Waals surface area contributed by atoms with E-state index in [1.165, 1.54) is 7.11 Å². The topological polar surface area (TPSA) is 69.7 Å². The lowest BCUT2D eigenvalue weighted by Crippen LogP contribution is -2.34. The van der Waals surface area contributed by atoms with E-state index in [9.17, 15) is 4.79 Å². The van der Waals surface area contributed by atoms with Crippen LogP contribution in [0.2, 0.25) is 0 Å². The molecule has 1 N–H and O–H groups in total. The Morgan fingerprint density at radius 3 is 2.73 bits per heavy atom. The predicted molar refractivity (Wildman–Crippen MR) is 114 cm³/mol. The molecule has 1 aliphatic rings. The van der Waals surface area contributed by atoms with Gasteiger partial charge in [-0.2, -0.15) is 0 Å². The van der Waals surface area contributed by atoms with E-state index in [1.807, 2.05) is 31.3 Å². The van der Waals surface area contributed by atoms with Gasteiger partial charge in [-0.1, -0.05) is 6.07 Å². The number of aryl methyl sites for hydroxylation is 1. The fourth-order valence-electron chi connectivity index (χ4n) is 3.52. The van der Waals surface area contributed by atoms with Gasteiger partial charge in [0.2, 0.25) is 0 Å². The van der Waals surface area contributed by atoms with Crippen molar-refractivity contribution in [1.82, 2.24) is 10.3 Å². The zero-order chi connectivity index (χ0) is 21.1. The third kappa shape index (κ3) is 4.08. The number of ether oxygens (including phenoxy) is 3. The van der Waals surface area contributed by atoms with Crippen molar-refractivity contribution in [3.8, 4) is 28.5 Å². The molecule has 6 heteroatoms. The van der Waals surface area contributed by atoms with Gasteiger partial charge < -0.3 is 19.5 Å². The number of nitrogens with zero attached hydrogens (tertiary/aromatic N) is 1. The number of fused-ring (bicyclic) bond motifs is 1. The van der Waals surface area contributed by atoms with Crippen LogP contribution in [0, 0.1) is 6.92 Å². The summed E-state index contributed by atoms with van der Waals surface area (Å²) in [5, 5.41) is 2.94. The summed E-state index contributed by atoms with van der Waals surface area (Å²) in [5.74, 6) is 1.75. The molecular weight excluding hydrogens is 380 g/mol. The first-order chi connectivity index (χ1) is 14.6. The Hall–Kier alpha value is -3.54. The van der Waals surface area contributed by atoms with Crippen molar-refractivity contribution in [3.05, 3.63) is 71.4 Å². The molecule has 1 atom stereocenters. The molecule has 3 aromatic rings. The van der Waals surface area contributed by atoms with E-state index < -0.39 is 0 Å². The fraction of sp³-hybridized carbons (Fsp3) is 0.250. The van der Waals surface area contributed by atoms with Crippen LogP contribution < -0.4 is 19.5 Å². The maximum atomic E-state index is 12.6. The lowest BCUT2D eigenvalue weighted by molar-refractivity contribution is 0.0930.